The fourth-order valence-electron chi connectivity index (χ4n) is 1.50. The van der Waals surface area contributed by atoms with Crippen molar-refractivity contribution in [1.29, 1.82) is 0 Å². The Labute approximate surface area is 109 Å². The van der Waals surface area contributed by atoms with E-state index in [-0.39, 0.29) is 17.2 Å². The molecule has 6 heteroatoms. The van der Waals surface area contributed by atoms with Crippen LogP contribution in [0.25, 0.3) is 0 Å². The van der Waals surface area contributed by atoms with Crippen LogP contribution in [0.5, 0.6) is 0 Å². The normalized spacial score (nSPS) is 10.2. The molecule has 19 heavy (non-hydrogen) atoms. The molecule has 0 atom stereocenters. The van der Waals surface area contributed by atoms with E-state index in [9.17, 15) is 9.59 Å². The van der Waals surface area contributed by atoms with Gasteiger partial charge < -0.3 is 10.3 Å². The molecular weight excluding hydrogens is 244 g/mol. The fraction of sp³-hybridized carbons (Fsp3) is 0.231. The molecule has 0 bridgehead atoms. The largest absolute Gasteiger partial charge is 0.345 e. The number of aromatic amines is 1. The lowest BCUT2D eigenvalue weighted by Gasteiger charge is -2.04. The molecule has 0 saturated carbocycles. The zero-order chi connectivity index (χ0) is 13.7. The average Bonchev–Trinajstić information content (AvgIpc) is 2.46. The number of aromatic nitrogens is 3. The molecule has 0 aliphatic heterocycles. The van der Waals surface area contributed by atoms with Gasteiger partial charge in [-0.25, -0.2) is 4.98 Å². The van der Waals surface area contributed by atoms with Gasteiger partial charge in [0.15, 0.2) is 0 Å². The van der Waals surface area contributed by atoms with Gasteiger partial charge in [0.05, 0.1) is 18.4 Å². The number of carbonyl (C=O) groups is 1. The molecule has 0 aromatic carbocycles. The first-order valence-corrected chi connectivity index (χ1v) is 5.96. The van der Waals surface area contributed by atoms with E-state index in [0.29, 0.717) is 6.54 Å². The summed E-state index contributed by atoms with van der Waals surface area (Å²) in [5, 5.41) is 2.69. The molecule has 0 unspecified atom stereocenters. The summed E-state index contributed by atoms with van der Waals surface area (Å²) in [5.41, 5.74) is 1.76. The lowest BCUT2D eigenvalue weighted by atomic mass is 10.2. The van der Waals surface area contributed by atoms with Crippen LogP contribution in [0.1, 0.15) is 28.7 Å². The van der Waals surface area contributed by atoms with Crippen molar-refractivity contribution in [1.82, 2.24) is 20.3 Å². The van der Waals surface area contributed by atoms with E-state index >= 15 is 0 Å². The summed E-state index contributed by atoms with van der Waals surface area (Å²) in [6, 6.07) is 3.85. The van der Waals surface area contributed by atoms with Gasteiger partial charge in [-0.15, -0.1) is 0 Å². The van der Waals surface area contributed by atoms with Gasteiger partial charge in [0.25, 0.3) is 11.5 Å². The zero-order valence-electron chi connectivity index (χ0n) is 10.5. The van der Waals surface area contributed by atoms with Crippen molar-refractivity contribution >= 4 is 5.91 Å². The smallest absolute Gasteiger partial charge is 0.271 e. The second kappa shape index (κ2) is 5.90. The maximum Gasteiger partial charge on any atom is 0.271 e. The number of hydrogen-bond acceptors (Lipinski definition) is 4. The third-order valence-electron chi connectivity index (χ3n) is 2.63. The molecule has 98 valence electrons. The quantitative estimate of drug-likeness (QED) is 0.843. The monoisotopic (exact) mass is 258 g/mol. The first kappa shape index (κ1) is 12.9. The molecule has 2 N–H and O–H groups in total. The van der Waals surface area contributed by atoms with Gasteiger partial charge in [0, 0.05) is 12.4 Å². The molecule has 2 rings (SSSR count). The predicted octanol–water partition coefficient (Wildman–Crippen LogP) is 0.657. The molecule has 2 heterocycles. The Morgan fingerprint density at radius 3 is 2.74 bits per heavy atom. The molecule has 2 aromatic heterocycles. The summed E-state index contributed by atoms with van der Waals surface area (Å²) in [6.45, 7) is 2.38. The molecule has 0 saturated heterocycles. The van der Waals surface area contributed by atoms with Gasteiger partial charge in [-0.1, -0.05) is 13.0 Å². The number of hydrogen-bond donors (Lipinski definition) is 2. The second-order valence-electron chi connectivity index (χ2n) is 3.99. The van der Waals surface area contributed by atoms with Crippen LogP contribution in [-0.4, -0.2) is 20.9 Å². The van der Waals surface area contributed by atoms with Gasteiger partial charge in [-0.2, -0.15) is 0 Å². The van der Waals surface area contributed by atoms with Crippen molar-refractivity contribution < 1.29 is 4.79 Å². The minimum atomic E-state index is -0.349. The molecule has 0 aliphatic carbocycles. The Bertz CT molecular complexity index is 599. The van der Waals surface area contributed by atoms with E-state index in [1.165, 1.54) is 6.20 Å². The first-order valence-electron chi connectivity index (χ1n) is 5.96. The maximum absolute atomic E-state index is 11.7. The Hall–Kier alpha value is -2.50. The van der Waals surface area contributed by atoms with Crippen LogP contribution in [0.15, 0.2) is 35.5 Å². The highest BCUT2D eigenvalue weighted by molar-refractivity contribution is 5.91. The topological polar surface area (TPSA) is 87.7 Å². The molecule has 2 aromatic rings. The number of nitrogens with one attached hydrogen (secondary N) is 2. The van der Waals surface area contributed by atoms with Crippen LogP contribution >= 0.6 is 0 Å². The maximum atomic E-state index is 11.7. The van der Waals surface area contributed by atoms with E-state index in [1.54, 1.807) is 6.20 Å². The van der Waals surface area contributed by atoms with E-state index in [1.807, 2.05) is 12.1 Å². The van der Waals surface area contributed by atoms with Crippen molar-refractivity contribution in [2.24, 2.45) is 0 Å². The van der Waals surface area contributed by atoms with Gasteiger partial charge in [-0.05, 0) is 18.1 Å². The minimum absolute atomic E-state index is 0.171. The van der Waals surface area contributed by atoms with Crippen LogP contribution < -0.4 is 10.9 Å². The Kier molecular flexibility index (Phi) is 4.02. The average molecular weight is 258 g/mol. The van der Waals surface area contributed by atoms with Gasteiger partial charge >= 0.3 is 0 Å². The SMILES string of the molecule is CCc1ccc(CNC(=O)c2c[nH]c(=O)cn2)nc1. The van der Waals surface area contributed by atoms with Crippen LogP contribution in [-0.2, 0) is 13.0 Å². The lowest BCUT2D eigenvalue weighted by Crippen LogP contribution is -2.25. The van der Waals surface area contributed by atoms with Gasteiger partial charge in [0.1, 0.15) is 5.69 Å². The number of carbonyl (C=O) groups excluding carboxylic acids is 1. The highest BCUT2D eigenvalue weighted by Crippen LogP contribution is 2.01. The zero-order valence-corrected chi connectivity index (χ0v) is 10.5. The highest BCUT2D eigenvalue weighted by atomic mass is 16.2. The van der Waals surface area contributed by atoms with E-state index < -0.39 is 0 Å². The Morgan fingerprint density at radius 2 is 2.16 bits per heavy atom. The summed E-state index contributed by atoms with van der Waals surface area (Å²) in [4.78, 5) is 32.9. The summed E-state index contributed by atoms with van der Waals surface area (Å²) < 4.78 is 0. The summed E-state index contributed by atoms with van der Waals surface area (Å²) in [5.74, 6) is -0.349. The van der Waals surface area contributed by atoms with Crippen molar-refractivity contribution in [3.8, 4) is 0 Å². The van der Waals surface area contributed by atoms with Gasteiger partial charge in [-0.3, -0.25) is 14.6 Å². The number of nitrogens with zero attached hydrogens (tertiary/aromatic N) is 2. The summed E-state index contributed by atoms with van der Waals surface area (Å²) in [6.07, 6.45) is 5.08. The minimum Gasteiger partial charge on any atom is -0.345 e. The second-order valence-corrected chi connectivity index (χ2v) is 3.99. The van der Waals surface area contributed by atoms with Crippen molar-refractivity contribution in [3.63, 3.8) is 0 Å². The standard InChI is InChI=1S/C13H14N4O2/c1-2-9-3-4-10(14-5-9)6-17-13(19)11-7-16-12(18)8-15-11/h3-5,7-8H,2,6H2,1H3,(H,16,18)(H,17,19). The Morgan fingerprint density at radius 1 is 1.32 bits per heavy atom. The number of amides is 1. The first-order chi connectivity index (χ1) is 9.19. The molecular formula is C13H14N4O2. The van der Waals surface area contributed by atoms with Crippen LogP contribution in [0.2, 0.25) is 0 Å². The lowest BCUT2D eigenvalue weighted by molar-refractivity contribution is 0.0945. The predicted molar refractivity (Wildman–Crippen MR) is 69.6 cm³/mol. The molecule has 0 radical (unpaired) electrons. The van der Waals surface area contributed by atoms with E-state index in [4.69, 9.17) is 0 Å². The van der Waals surface area contributed by atoms with E-state index in [2.05, 4.69) is 27.2 Å². The van der Waals surface area contributed by atoms with Crippen LogP contribution in [0.4, 0.5) is 0 Å². The van der Waals surface area contributed by atoms with Crippen molar-refractivity contribution in [3.05, 3.63) is 58.0 Å². The number of H-pyrrole nitrogens is 1. The molecule has 0 spiro atoms. The van der Waals surface area contributed by atoms with Crippen LogP contribution in [0, 0.1) is 0 Å². The van der Waals surface area contributed by atoms with Crippen molar-refractivity contribution in [2.45, 2.75) is 19.9 Å². The third-order valence-corrected chi connectivity index (χ3v) is 2.63. The van der Waals surface area contributed by atoms with Crippen LogP contribution in [0.3, 0.4) is 0 Å². The highest BCUT2D eigenvalue weighted by Gasteiger charge is 2.06. The fourth-order valence-corrected chi connectivity index (χ4v) is 1.50. The van der Waals surface area contributed by atoms with Gasteiger partial charge in [0.2, 0.25) is 0 Å². The summed E-state index contributed by atoms with van der Waals surface area (Å²) >= 11 is 0. The number of pyridine rings is 1. The molecule has 0 fully saturated rings. The molecule has 0 aliphatic rings. The number of aryl methyl sites for hydroxylation is 1. The van der Waals surface area contributed by atoms with Crippen molar-refractivity contribution in [2.75, 3.05) is 0 Å². The number of rotatable bonds is 4. The van der Waals surface area contributed by atoms with E-state index in [0.717, 1.165) is 23.9 Å². The Balaban J connectivity index is 1.96. The third kappa shape index (κ3) is 3.48. The summed E-state index contributed by atoms with van der Waals surface area (Å²) in [7, 11) is 0. The molecule has 6 nitrogen and oxygen atoms in total. The molecule has 1 amide bonds.